The van der Waals surface area contributed by atoms with Gasteiger partial charge in [0, 0.05) is 12.6 Å². The fraction of sp³-hybridized carbons (Fsp3) is 0.375. The normalized spacial score (nSPS) is 21.1. The van der Waals surface area contributed by atoms with E-state index < -0.39 is 24.2 Å². The number of H-pyrrole nitrogens is 1. The molecule has 3 heterocycles. The Morgan fingerprint density at radius 2 is 1.97 bits per heavy atom. The third-order valence-corrected chi connectivity index (χ3v) is 6.25. The molecule has 0 radical (unpaired) electrons. The monoisotopic (exact) mass is 448 g/mol. The quantitative estimate of drug-likeness (QED) is 0.578. The van der Waals surface area contributed by atoms with E-state index >= 15 is 0 Å². The van der Waals surface area contributed by atoms with E-state index in [4.69, 9.17) is 0 Å². The predicted molar refractivity (Wildman–Crippen MR) is 118 cm³/mol. The maximum atomic E-state index is 14.3. The molecule has 1 saturated heterocycles. The minimum absolute atomic E-state index is 0.0181. The zero-order valence-electron chi connectivity index (χ0n) is 18.0. The molecule has 1 aliphatic carbocycles. The number of nitrogens with zero attached hydrogens (tertiary/aromatic N) is 4. The van der Waals surface area contributed by atoms with Crippen molar-refractivity contribution in [1.29, 1.82) is 0 Å². The van der Waals surface area contributed by atoms with Crippen LogP contribution < -0.4 is 5.32 Å². The van der Waals surface area contributed by atoms with Crippen LogP contribution in [0, 0.1) is 0 Å². The Labute approximate surface area is 190 Å². The van der Waals surface area contributed by atoms with E-state index in [1.54, 1.807) is 0 Å². The number of hydrogen-bond acceptors (Lipinski definition) is 5. The van der Waals surface area contributed by atoms with Crippen LogP contribution >= 0.6 is 0 Å². The van der Waals surface area contributed by atoms with Crippen LogP contribution in [0.25, 0.3) is 0 Å². The molecule has 8 nitrogen and oxygen atoms in total. The summed E-state index contributed by atoms with van der Waals surface area (Å²) in [6, 6.07) is 12.1. The number of carbonyl (C=O) groups is 2. The third kappa shape index (κ3) is 4.76. The summed E-state index contributed by atoms with van der Waals surface area (Å²) < 4.78 is 14.3. The SMILES string of the molecule is O=C(NC(c1ccccc1)c1ccc(C2CC2)cn1)[C@@H]1C[C@@H](F)CN1C(=O)Cc1cnn[nH]1. The Morgan fingerprint density at radius 1 is 1.15 bits per heavy atom. The highest BCUT2D eigenvalue weighted by atomic mass is 19.1. The van der Waals surface area contributed by atoms with Crippen molar-refractivity contribution >= 4 is 11.8 Å². The summed E-state index contributed by atoms with van der Waals surface area (Å²) in [5.41, 5.74) is 3.30. The topological polar surface area (TPSA) is 104 Å². The molecule has 1 aliphatic heterocycles. The highest BCUT2D eigenvalue weighted by molar-refractivity contribution is 5.89. The van der Waals surface area contributed by atoms with Gasteiger partial charge in [-0.1, -0.05) is 41.6 Å². The predicted octanol–water partition coefficient (Wildman–Crippen LogP) is 2.46. The molecule has 5 rings (SSSR count). The Bertz CT molecular complexity index is 1100. The second-order valence-electron chi connectivity index (χ2n) is 8.70. The highest BCUT2D eigenvalue weighted by Crippen LogP contribution is 2.39. The highest BCUT2D eigenvalue weighted by Gasteiger charge is 2.40. The summed E-state index contributed by atoms with van der Waals surface area (Å²) >= 11 is 0. The fourth-order valence-corrected chi connectivity index (χ4v) is 4.34. The summed E-state index contributed by atoms with van der Waals surface area (Å²) in [5.74, 6) is -0.154. The molecule has 1 saturated carbocycles. The first kappa shape index (κ1) is 21.2. The summed E-state index contributed by atoms with van der Waals surface area (Å²) in [6.45, 7) is -0.108. The van der Waals surface area contributed by atoms with Gasteiger partial charge in [0.15, 0.2) is 0 Å². The standard InChI is InChI=1S/C24H25FN6O2/c25-18-10-21(31(14-18)22(32)11-19-13-27-30-29-19)24(33)28-23(16-4-2-1-3-5-16)20-9-8-17(12-26-20)15-6-7-15/h1-5,8-9,12-13,15,18,21,23H,6-7,10-11,14H2,(H,28,33)(H,27,29,30)/t18-,21+,23?/m1/s1. The lowest BCUT2D eigenvalue weighted by atomic mass is 10.0. The van der Waals surface area contributed by atoms with E-state index in [9.17, 15) is 14.0 Å². The van der Waals surface area contributed by atoms with Gasteiger partial charge in [-0.3, -0.25) is 19.7 Å². The number of hydrogen-bond donors (Lipinski definition) is 2. The first-order valence-electron chi connectivity index (χ1n) is 11.2. The van der Waals surface area contributed by atoms with Gasteiger partial charge in [0.2, 0.25) is 11.8 Å². The van der Waals surface area contributed by atoms with Crippen LogP contribution in [0.4, 0.5) is 4.39 Å². The van der Waals surface area contributed by atoms with Crippen molar-refractivity contribution in [3.63, 3.8) is 0 Å². The summed E-state index contributed by atoms with van der Waals surface area (Å²) in [4.78, 5) is 32.1. The molecule has 33 heavy (non-hydrogen) atoms. The Kier molecular flexibility index (Phi) is 5.85. The number of halogens is 1. The zero-order valence-corrected chi connectivity index (χ0v) is 18.0. The molecule has 2 fully saturated rings. The van der Waals surface area contributed by atoms with Gasteiger partial charge in [-0.25, -0.2) is 4.39 Å². The molecule has 1 aromatic carbocycles. The molecular formula is C24H25FN6O2. The lowest BCUT2D eigenvalue weighted by Crippen LogP contribution is -2.47. The fourth-order valence-electron chi connectivity index (χ4n) is 4.34. The minimum Gasteiger partial charge on any atom is -0.342 e. The molecule has 9 heteroatoms. The van der Waals surface area contributed by atoms with Crippen molar-refractivity contribution in [2.24, 2.45) is 0 Å². The minimum atomic E-state index is -1.25. The van der Waals surface area contributed by atoms with Crippen LogP contribution in [-0.4, -0.2) is 55.9 Å². The second kappa shape index (κ2) is 9.09. The first-order valence-corrected chi connectivity index (χ1v) is 11.2. The number of nitrogens with one attached hydrogen (secondary N) is 2. The lowest BCUT2D eigenvalue weighted by Gasteiger charge is -2.26. The third-order valence-electron chi connectivity index (χ3n) is 6.25. The van der Waals surface area contributed by atoms with Crippen LogP contribution in [0.5, 0.6) is 0 Å². The average molecular weight is 449 g/mol. The largest absolute Gasteiger partial charge is 0.342 e. The molecule has 3 aromatic rings. The molecule has 170 valence electrons. The number of aromatic amines is 1. The molecule has 0 bridgehead atoms. The van der Waals surface area contributed by atoms with Gasteiger partial charge in [-0.2, -0.15) is 0 Å². The number of rotatable bonds is 7. The summed E-state index contributed by atoms with van der Waals surface area (Å²) in [5, 5.41) is 12.9. The number of alkyl halides is 1. The molecular weight excluding hydrogens is 423 g/mol. The average Bonchev–Trinajstić information content (AvgIpc) is 3.42. The van der Waals surface area contributed by atoms with Gasteiger partial charge < -0.3 is 10.2 Å². The van der Waals surface area contributed by atoms with E-state index in [-0.39, 0.29) is 25.3 Å². The molecule has 2 aromatic heterocycles. The smallest absolute Gasteiger partial charge is 0.243 e. The molecule has 3 atom stereocenters. The molecule has 0 spiro atoms. The Hall–Kier alpha value is -3.62. The van der Waals surface area contributed by atoms with Crippen LogP contribution in [0.15, 0.2) is 54.9 Å². The van der Waals surface area contributed by atoms with Crippen molar-refractivity contribution in [3.05, 3.63) is 77.4 Å². The second-order valence-corrected chi connectivity index (χ2v) is 8.70. The van der Waals surface area contributed by atoms with Crippen molar-refractivity contribution in [2.75, 3.05) is 6.54 Å². The summed E-state index contributed by atoms with van der Waals surface area (Å²) in [7, 11) is 0. The maximum absolute atomic E-state index is 14.3. The number of likely N-dealkylation sites (tertiary alicyclic amines) is 1. The molecule has 2 N–H and O–H groups in total. The van der Waals surface area contributed by atoms with Crippen LogP contribution in [0.3, 0.4) is 0 Å². The Morgan fingerprint density at radius 3 is 2.64 bits per heavy atom. The zero-order chi connectivity index (χ0) is 22.8. The van der Waals surface area contributed by atoms with E-state index in [2.05, 4.69) is 31.8 Å². The van der Waals surface area contributed by atoms with Gasteiger partial charge in [0.25, 0.3) is 0 Å². The van der Waals surface area contributed by atoms with E-state index in [1.807, 2.05) is 42.6 Å². The number of benzene rings is 1. The first-order chi connectivity index (χ1) is 16.1. The van der Waals surface area contributed by atoms with Gasteiger partial charge in [0.1, 0.15) is 12.2 Å². The molecule has 1 unspecified atom stereocenters. The van der Waals surface area contributed by atoms with E-state index in [0.29, 0.717) is 17.3 Å². The van der Waals surface area contributed by atoms with Crippen LogP contribution in [0.2, 0.25) is 0 Å². The van der Waals surface area contributed by atoms with Crippen molar-refractivity contribution in [2.45, 2.75) is 49.9 Å². The number of carbonyl (C=O) groups excluding carboxylic acids is 2. The molecule has 2 aliphatic rings. The van der Waals surface area contributed by atoms with Gasteiger partial charge in [0.05, 0.1) is 36.6 Å². The van der Waals surface area contributed by atoms with Crippen LogP contribution in [-0.2, 0) is 16.0 Å². The van der Waals surface area contributed by atoms with Crippen molar-refractivity contribution in [3.8, 4) is 0 Å². The molecule has 2 amide bonds. The summed E-state index contributed by atoms with van der Waals surface area (Å²) in [6.07, 6.45) is 4.38. The van der Waals surface area contributed by atoms with Gasteiger partial charge >= 0.3 is 0 Å². The van der Waals surface area contributed by atoms with Gasteiger partial charge in [-0.15, -0.1) is 5.10 Å². The van der Waals surface area contributed by atoms with Crippen molar-refractivity contribution < 1.29 is 14.0 Å². The van der Waals surface area contributed by atoms with E-state index in [1.165, 1.54) is 29.5 Å². The number of pyridine rings is 1. The maximum Gasteiger partial charge on any atom is 0.243 e. The van der Waals surface area contributed by atoms with Gasteiger partial charge in [-0.05, 0) is 36.0 Å². The number of amides is 2. The van der Waals surface area contributed by atoms with Crippen LogP contribution in [0.1, 0.15) is 53.7 Å². The van der Waals surface area contributed by atoms with Crippen molar-refractivity contribution in [1.82, 2.24) is 30.6 Å². The van der Waals surface area contributed by atoms with E-state index in [0.717, 1.165) is 5.56 Å². The lowest BCUT2D eigenvalue weighted by molar-refractivity contribution is -0.138. The number of aromatic nitrogens is 4. The Balaban J connectivity index is 1.36.